The minimum atomic E-state index is -0.348. The van der Waals surface area contributed by atoms with Crippen LogP contribution in [0.3, 0.4) is 0 Å². The van der Waals surface area contributed by atoms with Crippen LogP contribution in [0.5, 0.6) is 11.5 Å². The van der Waals surface area contributed by atoms with Crippen molar-refractivity contribution in [3.63, 3.8) is 0 Å². The molecule has 0 spiro atoms. The first-order valence-corrected chi connectivity index (χ1v) is 10.9. The van der Waals surface area contributed by atoms with E-state index < -0.39 is 0 Å². The summed E-state index contributed by atoms with van der Waals surface area (Å²) in [7, 11) is 1.54. The third kappa shape index (κ3) is 4.60. The summed E-state index contributed by atoms with van der Waals surface area (Å²) in [4.78, 5) is 24.9. The molecule has 7 nitrogen and oxygen atoms in total. The molecule has 0 fully saturated rings. The molecule has 0 saturated carbocycles. The fraction of sp³-hybridized carbons (Fsp3) is 0.292. The number of aryl methyl sites for hydroxylation is 1. The zero-order chi connectivity index (χ0) is 22.7. The maximum absolute atomic E-state index is 12.6. The third-order valence-electron chi connectivity index (χ3n) is 5.58. The van der Waals surface area contributed by atoms with Gasteiger partial charge < -0.3 is 25.4 Å². The van der Waals surface area contributed by atoms with Gasteiger partial charge in [-0.1, -0.05) is 24.3 Å². The molecule has 2 aliphatic rings. The Labute approximate surface area is 192 Å². The van der Waals surface area contributed by atoms with E-state index in [4.69, 9.17) is 21.7 Å². The minimum Gasteiger partial charge on any atom is -0.493 e. The molecule has 3 N–H and O–H groups in total. The topological polar surface area (TPSA) is 88.7 Å². The average molecular weight is 452 g/mol. The largest absolute Gasteiger partial charge is 0.493 e. The van der Waals surface area contributed by atoms with Crippen molar-refractivity contribution in [1.82, 2.24) is 10.6 Å². The molecule has 0 unspecified atom stereocenters. The molecule has 4 rings (SSSR count). The predicted octanol–water partition coefficient (Wildman–Crippen LogP) is 3.55. The van der Waals surface area contributed by atoms with Crippen molar-refractivity contribution in [1.29, 1.82) is 0 Å². The molecule has 1 aliphatic carbocycles. The number of ether oxygens (including phenoxy) is 2. The fourth-order valence-electron chi connectivity index (χ4n) is 3.98. The van der Waals surface area contributed by atoms with Crippen molar-refractivity contribution < 1.29 is 19.1 Å². The van der Waals surface area contributed by atoms with Crippen molar-refractivity contribution in [3.05, 3.63) is 64.9 Å². The fourth-order valence-corrected chi connectivity index (χ4v) is 4.22. The molecule has 166 valence electrons. The van der Waals surface area contributed by atoms with Crippen LogP contribution in [-0.4, -0.2) is 30.5 Å². The first kappa shape index (κ1) is 21.8. The minimum absolute atomic E-state index is 0.117. The molecule has 0 saturated heterocycles. The summed E-state index contributed by atoms with van der Waals surface area (Å²) in [5.74, 6) is 0.768. The molecule has 2 aromatic carbocycles. The number of allylic oxidation sites excluding steroid dienone is 1. The first-order valence-electron chi connectivity index (χ1n) is 10.5. The van der Waals surface area contributed by atoms with Crippen molar-refractivity contribution >= 4 is 34.7 Å². The number of carbonyl (C=O) groups excluding carboxylic acids is 2. The van der Waals surface area contributed by atoms with Crippen LogP contribution in [0.2, 0.25) is 0 Å². The van der Waals surface area contributed by atoms with Gasteiger partial charge in [0, 0.05) is 23.4 Å². The summed E-state index contributed by atoms with van der Waals surface area (Å²) in [6, 6.07) is 12.6. The number of para-hydroxylation sites is 1. The van der Waals surface area contributed by atoms with Gasteiger partial charge in [-0.2, -0.15) is 0 Å². The quantitative estimate of drug-likeness (QED) is 0.579. The first-order chi connectivity index (χ1) is 15.5. The Morgan fingerprint density at radius 3 is 2.78 bits per heavy atom. The second-order valence-electron chi connectivity index (χ2n) is 7.76. The number of hydrogen-bond donors (Lipinski definition) is 3. The average Bonchev–Trinajstić information content (AvgIpc) is 2.78. The Balaban J connectivity index is 1.50. The molecule has 0 aromatic heterocycles. The second-order valence-corrected chi connectivity index (χ2v) is 8.17. The van der Waals surface area contributed by atoms with Crippen LogP contribution < -0.4 is 25.4 Å². The molecule has 1 atom stereocenters. The van der Waals surface area contributed by atoms with Crippen molar-refractivity contribution in [3.8, 4) is 11.5 Å². The third-order valence-corrected chi connectivity index (χ3v) is 5.80. The Kier molecular flexibility index (Phi) is 6.41. The van der Waals surface area contributed by atoms with Crippen LogP contribution in [0.4, 0.5) is 5.69 Å². The van der Waals surface area contributed by atoms with Gasteiger partial charge >= 0.3 is 0 Å². The van der Waals surface area contributed by atoms with Crippen molar-refractivity contribution in [2.45, 2.75) is 32.2 Å². The van der Waals surface area contributed by atoms with Gasteiger partial charge in [0.25, 0.3) is 5.91 Å². The molecule has 0 bridgehead atoms. The number of thiocarbonyl (C=S) groups is 1. The van der Waals surface area contributed by atoms with E-state index in [9.17, 15) is 9.59 Å². The van der Waals surface area contributed by atoms with Crippen molar-refractivity contribution in [2.75, 3.05) is 19.0 Å². The van der Waals surface area contributed by atoms with Crippen LogP contribution in [0, 0.1) is 6.92 Å². The molecule has 8 heteroatoms. The van der Waals surface area contributed by atoms with Crippen LogP contribution >= 0.6 is 12.2 Å². The van der Waals surface area contributed by atoms with E-state index in [1.54, 1.807) is 6.07 Å². The smallest absolute Gasteiger partial charge is 0.262 e. The van der Waals surface area contributed by atoms with Gasteiger partial charge in [-0.15, -0.1) is 0 Å². The Morgan fingerprint density at radius 2 is 2.00 bits per heavy atom. The zero-order valence-electron chi connectivity index (χ0n) is 18.0. The van der Waals surface area contributed by atoms with E-state index in [1.807, 2.05) is 43.3 Å². The van der Waals surface area contributed by atoms with Gasteiger partial charge in [0.1, 0.15) is 0 Å². The van der Waals surface area contributed by atoms with Gasteiger partial charge in [-0.25, -0.2) is 0 Å². The highest BCUT2D eigenvalue weighted by atomic mass is 32.1. The molecule has 0 radical (unpaired) electrons. The van der Waals surface area contributed by atoms with Crippen molar-refractivity contribution in [2.24, 2.45) is 0 Å². The van der Waals surface area contributed by atoms with E-state index in [0.717, 1.165) is 40.9 Å². The number of carbonyl (C=O) groups is 2. The van der Waals surface area contributed by atoms with E-state index in [0.29, 0.717) is 23.0 Å². The van der Waals surface area contributed by atoms with E-state index in [2.05, 4.69) is 16.0 Å². The van der Waals surface area contributed by atoms with Gasteiger partial charge in [0.15, 0.2) is 29.0 Å². The lowest BCUT2D eigenvalue weighted by Gasteiger charge is -2.34. The van der Waals surface area contributed by atoms with E-state index in [-0.39, 0.29) is 24.3 Å². The van der Waals surface area contributed by atoms with E-state index in [1.165, 1.54) is 7.11 Å². The number of nitrogens with one attached hydrogen (secondary N) is 3. The second kappa shape index (κ2) is 9.40. The number of anilines is 1. The van der Waals surface area contributed by atoms with Gasteiger partial charge in [-0.05, 0) is 61.3 Å². The summed E-state index contributed by atoms with van der Waals surface area (Å²) >= 11 is 5.34. The van der Waals surface area contributed by atoms with Gasteiger partial charge in [0.2, 0.25) is 0 Å². The normalized spacial score (nSPS) is 17.8. The van der Waals surface area contributed by atoms with Crippen LogP contribution in [0.15, 0.2) is 53.7 Å². The molecule has 2 aromatic rings. The number of methoxy groups -OCH3 is 1. The number of ketones is 1. The standard InChI is InChI=1S/C24H25N3O4S/c1-14-6-3-4-7-16(14)25-21(29)13-31-19-11-10-15(12-20(19)30-2)23-22-17(26-24(32)27-23)8-5-9-18(22)28/h3-4,6-7,10-12,23H,5,8-9,13H2,1-2H3,(H,25,29)(H2,26,27,32)/t23-/m0/s1. The molecular weight excluding hydrogens is 426 g/mol. The summed E-state index contributed by atoms with van der Waals surface area (Å²) in [5.41, 5.74) is 4.17. The maximum Gasteiger partial charge on any atom is 0.262 e. The summed E-state index contributed by atoms with van der Waals surface area (Å²) < 4.78 is 11.2. The summed E-state index contributed by atoms with van der Waals surface area (Å²) in [6.07, 6.45) is 2.15. The lowest BCUT2D eigenvalue weighted by molar-refractivity contribution is -0.118. The van der Waals surface area contributed by atoms with Crippen LogP contribution in [0.1, 0.15) is 36.4 Å². The SMILES string of the molecule is COc1cc([C@@H]2NC(=S)NC3=C2C(=O)CCC3)ccc1OCC(=O)Nc1ccccc1C. The maximum atomic E-state index is 12.6. The highest BCUT2D eigenvalue weighted by Gasteiger charge is 2.33. The number of benzene rings is 2. The number of Topliss-reactive ketones (excluding diaryl/α,β-unsaturated/α-hetero) is 1. The lowest BCUT2D eigenvalue weighted by atomic mass is 9.85. The lowest BCUT2D eigenvalue weighted by Crippen LogP contribution is -2.46. The predicted molar refractivity (Wildman–Crippen MR) is 126 cm³/mol. The van der Waals surface area contributed by atoms with E-state index >= 15 is 0 Å². The number of hydrogen-bond acceptors (Lipinski definition) is 5. The number of amides is 1. The van der Waals surface area contributed by atoms with Gasteiger partial charge in [-0.3, -0.25) is 9.59 Å². The Bertz CT molecular complexity index is 1110. The molecule has 32 heavy (non-hydrogen) atoms. The highest BCUT2D eigenvalue weighted by Crippen LogP contribution is 2.37. The molecule has 1 heterocycles. The molecule has 1 amide bonds. The van der Waals surface area contributed by atoms with Crippen LogP contribution in [0.25, 0.3) is 0 Å². The monoisotopic (exact) mass is 451 g/mol. The molecule has 1 aliphatic heterocycles. The summed E-state index contributed by atoms with van der Waals surface area (Å²) in [6.45, 7) is 1.77. The van der Waals surface area contributed by atoms with Crippen LogP contribution in [-0.2, 0) is 9.59 Å². The zero-order valence-corrected chi connectivity index (χ0v) is 18.8. The highest BCUT2D eigenvalue weighted by molar-refractivity contribution is 7.80. The summed E-state index contributed by atoms with van der Waals surface area (Å²) in [5, 5.41) is 9.66. The Hall–Kier alpha value is -3.39. The molecular formula is C24H25N3O4S. The number of rotatable bonds is 6. The van der Waals surface area contributed by atoms with Gasteiger partial charge in [0.05, 0.1) is 13.2 Å². The Morgan fingerprint density at radius 1 is 1.19 bits per heavy atom.